The van der Waals surface area contributed by atoms with Crippen LogP contribution in [0, 0.1) is 22.9 Å². The SMILES string of the molecule is Cc1cccc(C(=O)N2CCN(C(=O)c3cccc([N+](=O)[O-])c3)C2C(=O)NC(CC(=O)O)c2ccc(F)cc2)c1. The Balaban J connectivity index is 1.70. The standard InChI is InChI=1S/C28H25FN4O7/c1-17-4-2-5-19(14-17)27(37)31-12-13-32(28(38)20-6-3-7-22(15-20)33(39)40)26(31)25(36)30-23(16-24(34)35)18-8-10-21(29)11-9-18/h2-11,14-15,23,26H,12-13,16H2,1H3,(H,30,36)(H,34,35). The van der Waals surface area contributed by atoms with Crippen LogP contribution >= 0.6 is 0 Å². The largest absolute Gasteiger partial charge is 0.481 e. The number of rotatable bonds is 8. The summed E-state index contributed by atoms with van der Waals surface area (Å²) in [6, 6.07) is 15.5. The topological polar surface area (TPSA) is 150 Å². The van der Waals surface area contributed by atoms with Crippen molar-refractivity contribution in [2.24, 2.45) is 0 Å². The van der Waals surface area contributed by atoms with E-state index in [1.807, 2.05) is 0 Å². The maximum Gasteiger partial charge on any atom is 0.305 e. The van der Waals surface area contributed by atoms with Crippen LogP contribution in [0.25, 0.3) is 0 Å². The van der Waals surface area contributed by atoms with Gasteiger partial charge < -0.3 is 20.2 Å². The molecule has 1 heterocycles. The summed E-state index contributed by atoms with van der Waals surface area (Å²) in [6.07, 6.45) is -2.04. The van der Waals surface area contributed by atoms with Crippen LogP contribution in [0.4, 0.5) is 10.1 Å². The molecule has 3 aromatic carbocycles. The van der Waals surface area contributed by atoms with Gasteiger partial charge in [-0.1, -0.05) is 35.9 Å². The number of nitro groups is 1. The maximum atomic E-state index is 13.7. The molecule has 0 spiro atoms. The lowest BCUT2D eigenvalue weighted by Gasteiger charge is -2.31. The summed E-state index contributed by atoms with van der Waals surface area (Å²) < 4.78 is 13.5. The van der Waals surface area contributed by atoms with Crippen molar-refractivity contribution in [3.63, 3.8) is 0 Å². The second-order valence-electron chi connectivity index (χ2n) is 9.26. The van der Waals surface area contributed by atoms with Gasteiger partial charge >= 0.3 is 5.97 Å². The van der Waals surface area contributed by atoms with Gasteiger partial charge in [0, 0.05) is 36.3 Å². The Bertz CT molecular complexity index is 1480. The van der Waals surface area contributed by atoms with Gasteiger partial charge in [0.2, 0.25) is 0 Å². The van der Waals surface area contributed by atoms with Gasteiger partial charge in [-0.15, -0.1) is 0 Å². The molecule has 2 atom stereocenters. The van der Waals surface area contributed by atoms with Gasteiger partial charge in [-0.25, -0.2) is 4.39 Å². The third-order valence-electron chi connectivity index (χ3n) is 6.47. The Labute approximate surface area is 228 Å². The van der Waals surface area contributed by atoms with Crippen LogP contribution in [0.15, 0.2) is 72.8 Å². The van der Waals surface area contributed by atoms with Gasteiger partial charge in [-0.05, 0) is 42.8 Å². The van der Waals surface area contributed by atoms with Crippen LogP contribution in [0.1, 0.15) is 44.3 Å². The van der Waals surface area contributed by atoms with Crippen LogP contribution in [0.2, 0.25) is 0 Å². The van der Waals surface area contributed by atoms with Crippen LogP contribution in [-0.4, -0.2) is 62.8 Å². The number of amides is 3. The number of nitrogens with zero attached hydrogens (tertiary/aromatic N) is 3. The Kier molecular flexibility index (Phi) is 8.18. The highest BCUT2D eigenvalue weighted by Crippen LogP contribution is 2.25. The third kappa shape index (κ3) is 6.12. The highest BCUT2D eigenvalue weighted by molar-refractivity contribution is 6.02. The second-order valence-corrected chi connectivity index (χ2v) is 9.26. The minimum atomic E-state index is -1.49. The van der Waals surface area contributed by atoms with Gasteiger partial charge in [0.25, 0.3) is 23.4 Å². The molecule has 0 saturated carbocycles. The molecule has 1 fully saturated rings. The molecule has 3 amide bonds. The Morgan fingerprint density at radius 2 is 1.55 bits per heavy atom. The molecule has 11 nitrogen and oxygen atoms in total. The summed E-state index contributed by atoms with van der Waals surface area (Å²) in [5.74, 6) is -3.88. The minimum Gasteiger partial charge on any atom is -0.481 e. The normalized spacial score (nSPS) is 15.4. The zero-order valence-electron chi connectivity index (χ0n) is 21.3. The van der Waals surface area contributed by atoms with E-state index in [-0.39, 0.29) is 29.9 Å². The number of nitrogens with one attached hydrogen (secondary N) is 1. The predicted octanol–water partition coefficient (Wildman–Crippen LogP) is 3.30. The fourth-order valence-corrected chi connectivity index (χ4v) is 4.57. The number of hydrogen-bond acceptors (Lipinski definition) is 6. The lowest BCUT2D eigenvalue weighted by Crippen LogP contribution is -2.54. The summed E-state index contributed by atoms with van der Waals surface area (Å²) in [6.45, 7) is 1.71. The molecule has 0 aromatic heterocycles. The number of carbonyl (C=O) groups excluding carboxylic acids is 3. The van der Waals surface area contributed by atoms with Crippen LogP contribution in [0.3, 0.4) is 0 Å². The van der Waals surface area contributed by atoms with Crippen molar-refractivity contribution in [2.45, 2.75) is 25.6 Å². The zero-order valence-corrected chi connectivity index (χ0v) is 21.3. The predicted molar refractivity (Wildman–Crippen MR) is 140 cm³/mol. The first kappa shape index (κ1) is 27.9. The molecule has 0 aliphatic carbocycles. The number of carboxylic acid groups (broad SMARTS) is 1. The Morgan fingerprint density at radius 3 is 2.10 bits per heavy atom. The highest BCUT2D eigenvalue weighted by atomic mass is 19.1. The molecular weight excluding hydrogens is 523 g/mol. The number of carbonyl (C=O) groups is 4. The molecule has 40 heavy (non-hydrogen) atoms. The molecule has 1 aliphatic rings. The maximum absolute atomic E-state index is 13.7. The summed E-state index contributed by atoms with van der Waals surface area (Å²) in [4.78, 5) is 65.3. The van der Waals surface area contributed by atoms with E-state index in [4.69, 9.17) is 0 Å². The van der Waals surface area contributed by atoms with E-state index in [1.165, 1.54) is 35.2 Å². The van der Waals surface area contributed by atoms with E-state index in [9.17, 15) is 38.8 Å². The minimum absolute atomic E-state index is 0.0221. The van der Waals surface area contributed by atoms with E-state index in [2.05, 4.69) is 5.32 Å². The summed E-state index contributed by atoms with van der Waals surface area (Å²) in [5.41, 5.74) is 1.01. The summed E-state index contributed by atoms with van der Waals surface area (Å²) in [7, 11) is 0. The van der Waals surface area contributed by atoms with Gasteiger partial charge in [0.15, 0.2) is 6.17 Å². The number of nitro benzene ring substituents is 1. The summed E-state index contributed by atoms with van der Waals surface area (Å²) in [5, 5.41) is 23.3. The Hall–Kier alpha value is -5.13. The van der Waals surface area contributed by atoms with Gasteiger partial charge in [0.1, 0.15) is 5.82 Å². The van der Waals surface area contributed by atoms with E-state index < -0.39 is 53.1 Å². The number of benzene rings is 3. The number of carboxylic acids is 1. The molecule has 206 valence electrons. The van der Waals surface area contributed by atoms with Crippen molar-refractivity contribution in [2.75, 3.05) is 13.1 Å². The van der Waals surface area contributed by atoms with Crippen molar-refractivity contribution >= 4 is 29.4 Å². The number of hydrogen-bond donors (Lipinski definition) is 2. The first-order valence-corrected chi connectivity index (χ1v) is 12.3. The molecule has 2 N–H and O–H groups in total. The van der Waals surface area contributed by atoms with Crippen molar-refractivity contribution in [1.82, 2.24) is 15.1 Å². The van der Waals surface area contributed by atoms with E-state index in [1.54, 1.807) is 31.2 Å². The van der Waals surface area contributed by atoms with E-state index >= 15 is 0 Å². The lowest BCUT2D eigenvalue weighted by molar-refractivity contribution is -0.384. The van der Waals surface area contributed by atoms with Crippen LogP contribution < -0.4 is 5.32 Å². The van der Waals surface area contributed by atoms with Crippen LogP contribution in [-0.2, 0) is 9.59 Å². The summed E-state index contributed by atoms with van der Waals surface area (Å²) >= 11 is 0. The molecular formula is C28H25FN4O7. The first-order valence-electron chi connectivity index (χ1n) is 12.3. The van der Waals surface area contributed by atoms with Crippen LogP contribution in [0.5, 0.6) is 0 Å². The van der Waals surface area contributed by atoms with Crippen molar-refractivity contribution < 1.29 is 33.6 Å². The molecule has 1 saturated heterocycles. The average molecular weight is 549 g/mol. The third-order valence-corrected chi connectivity index (χ3v) is 6.47. The lowest BCUT2D eigenvalue weighted by atomic mass is 10.0. The molecule has 2 unspecified atom stereocenters. The monoisotopic (exact) mass is 548 g/mol. The number of aryl methyl sites for hydroxylation is 1. The van der Waals surface area contributed by atoms with E-state index in [0.717, 1.165) is 28.7 Å². The fraction of sp³-hybridized carbons (Fsp3) is 0.214. The molecule has 12 heteroatoms. The number of non-ortho nitro benzene ring substituents is 1. The van der Waals surface area contributed by atoms with Crippen molar-refractivity contribution in [1.29, 1.82) is 0 Å². The zero-order chi connectivity index (χ0) is 29.0. The quantitative estimate of drug-likeness (QED) is 0.324. The second kappa shape index (κ2) is 11.7. The fourth-order valence-electron chi connectivity index (χ4n) is 4.57. The van der Waals surface area contributed by atoms with E-state index in [0.29, 0.717) is 5.56 Å². The Morgan fingerprint density at radius 1 is 0.975 bits per heavy atom. The number of aliphatic carboxylic acids is 1. The first-order chi connectivity index (χ1) is 19.0. The highest BCUT2D eigenvalue weighted by Gasteiger charge is 2.44. The molecule has 4 rings (SSSR count). The average Bonchev–Trinajstić information content (AvgIpc) is 3.37. The van der Waals surface area contributed by atoms with Gasteiger partial charge in [-0.2, -0.15) is 0 Å². The van der Waals surface area contributed by atoms with Gasteiger partial charge in [0.05, 0.1) is 17.4 Å². The molecule has 0 radical (unpaired) electrons. The molecule has 3 aromatic rings. The smallest absolute Gasteiger partial charge is 0.305 e. The van der Waals surface area contributed by atoms with Crippen molar-refractivity contribution in [3.05, 3.63) is 111 Å². The molecule has 0 bridgehead atoms. The number of halogens is 1. The van der Waals surface area contributed by atoms with Gasteiger partial charge in [-0.3, -0.25) is 29.3 Å². The molecule has 1 aliphatic heterocycles. The van der Waals surface area contributed by atoms with Crippen molar-refractivity contribution in [3.8, 4) is 0 Å².